The Bertz CT molecular complexity index is 247. The molecule has 0 amide bonds. The van der Waals surface area contributed by atoms with Crippen molar-refractivity contribution in [3.63, 3.8) is 0 Å². The predicted octanol–water partition coefficient (Wildman–Crippen LogP) is 3.59. The second-order valence-corrected chi connectivity index (χ2v) is 4.38. The molecule has 0 N–H and O–H groups in total. The van der Waals surface area contributed by atoms with Crippen LogP contribution >= 0.6 is 0 Å². The second kappa shape index (κ2) is 5.14. The molecular weight excluding hydrogens is 170 g/mol. The van der Waals surface area contributed by atoms with E-state index >= 15 is 0 Å². The normalized spacial score (nSPS) is 19.1. The molecule has 0 bridgehead atoms. The maximum absolute atomic E-state index is 4.40. The standard InChI is InChI=1S/C13H19N/c1-2-4-8-12(7-3-1)11-13-9-5-6-10-14-13/h5-6,9-10,12H,1-4,7-8,11H2. The van der Waals surface area contributed by atoms with Crippen LogP contribution in [0.15, 0.2) is 24.4 Å². The van der Waals surface area contributed by atoms with E-state index in [1.807, 2.05) is 12.3 Å². The first-order chi connectivity index (χ1) is 6.95. The van der Waals surface area contributed by atoms with Gasteiger partial charge in [0.1, 0.15) is 0 Å². The third-order valence-electron chi connectivity index (χ3n) is 3.20. The van der Waals surface area contributed by atoms with Gasteiger partial charge in [-0.1, -0.05) is 44.6 Å². The minimum absolute atomic E-state index is 0.896. The van der Waals surface area contributed by atoms with Crippen LogP contribution in [-0.2, 0) is 6.42 Å². The van der Waals surface area contributed by atoms with E-state index in [1.165, 1.54) is 50.6 Å². The molecule has 0 atom stereocenters. The van der Waals surface area contributed by atoms with Crippen LogP contribution in [0.25, 0.3) is 0 Å². The molecule has 0 saturated heterocycles. The quantitative estimate of drug-likeness (QED) is 0.648. The van der Waals surface area contributed by atoms with Crippen molar-refractivity contribution in [2.75, 3.05) is 0 Å². The number of aromatic nitrogens is 1. The van der Waals surface area contributed by atoms with E-state index in [-0.39, 0.29) is 0 Å². The summed E-state index contributed by atoms with van der Waals surface area (Å²) < 4.78 is 0. The van der Waals surface area contributed by atoms with Crippen LogP contribution in [0.3, 0.4) is 0 Å². The van der Waals surface area contributed by atoms with Gasteiger partial charge in [-0.25, -0.2) is 0 Å². The van der Waals surface area contributed by atoms with Crippen molar-refractivity contribution >= 4 is 0 Å². The molecule has 1 aliphatic rings. The van der Waals surface area contributed by atoms with Gasteiger partial charge < -0.3 is 0 Å². The zero-order chi connectivity index (χ0) is 9.64. The number of hydrogen-bond acceptors (Lipinski definition) is 1. The van der Waals surface area contributed by atoms with Gasteiger partial charge in [0, 0.05) is 11.9 Å². The minimum atomic E-state index is 0.896. The molecule has 1 aliphatic carbocycles. The van der Waals surface area contributed by atoms with Gasteiger partial charge in [-0.2, -0.15) is 0 Å². The summed E-state index contributed by atoms with van der Waals surface area (Å²) in [7, 11) is 0. The average Bonchev–Trinajstić information content (AvgIpc) is 2.48. The van der Waals surface area contributed by atoms with Crippen molar-refractivity contribution in [3.05, 3.63) is 30.1 Å². The van der Waals surface area contributed by atoms with E-state index in [4.69, 9.17) is 0 Å². The number of pyridine rings is 1. The minimum Gasteiger partial charge on any atom is -0.261 e. The highest BCUT2D eigenvalue weighted by Crippen LogP contribution is 2.25. The van der Waals surface area contributed by atoms with Crippen LogP contribution in [-0.4, -0.2) is 4.98 Å². The molecular formula is C13H19N. The Morgan fingerprint density at radius 2 is 1.86 bits per heavy atom. The van der Waals surface area contributed by atoms with Crippen molar-refractivity contribution in [2.45, 2.75) is 44.9 Å². The molecule has 1 nitrogen and oxygen atoms in total. The zero-order valence-corrected chi connectivity index (χ0v) is 8.78. The summed E-state index contributed by atoms with van der Waals surface area (Å²) in [5, 5.41) is 0. The lowest BCUT2D eigenvalue weighted by molar-refractivity contribution is 0.453. The van der Waals surface area contributed by atoms with Gasteiger partial charge in [0.2, 0.25) is 0 Å². The topological polar surface area (TPSA) is 12.9 Å². The summed E-state index contributed by atoms with van der Waals surface area (Å²) in [6, 6.07) is 6.25. The molecule has 1 aromatic rings. The molecule has 1 heterocycles. The highest BCUT2D eigenvalue weighted by molar-refractivity contribution is 5.04. The fraction of sp³-hybridized carbons (Fsp3) is 0.615. The van der Waals surface area contributed by atoms with Gasteiger partial charge in [-0.3, -0.25) is 4.98 Å². The van der Waals surface area contributed by atoms with Crippen molar-refractivity contribution in [3.8, 4) is 0 Å². The average molecular weight is 189 g/mol. The molecule has 0 radical (unpaired) electrons. The number of hydrogen-bond donors (Lipinski definition) is 0. The lowest BCUT2D eigenvalue weighted by Gasteiger charge is -2.12. The summed E-state index contributed by atoms with van der Waals surface area (Å²) in [4.78, 5) is 4.40. The number of rotatable bonds is 2. The summed E-state index contributed by atoms with van der Waals surface area (Å²) in [6.07, 6.45) is 11.7. The van der Waals surface area contributed by atoms with Crippen LogP contribution in [0.1, 0.15) is 44.2 Å². The van der Waals surface area contributed by atoms with Crippen molar-refractivity contribution in [1.29, 1.82) is 0 Å². The lowest BCUT2D eigenvalue weighted by Crippen LogP contribution is -2.04. The number of nitrogens with zero attached hydrogens (tertiary/aromatic N) is 1. The first kappa shape index (κ1) is 9.70. The molecule has 0 aliphatic heterocycles. The summed E-state index contributed by atoms with van der Waals surface area (Å²) >= 11 is 0. The molecule has 0 spiro atoms. The van der Waals surface area contributed by atoms with Crippen LogP contribution in [0.5, 0.6) is 0 Å². The third-order valence-corrected chi connectivity index (χ3v) is 3.20. The van der Waals surface area contributed by atoms with E-state index in [0.717, 1.165) is 5.92 Å². The Hall–Kier alpha value is -0.850. The molecule has 1 fully saturated rings. The van der Waals surface area contributed by atoms with E-state index < -0.39 is 0 Å². The first-order valence-electron chi connectivity index (χ1n) is 5.85. The summed E-state index contributed by atoms with van der Waals surface area (Å²) in [5.74, 6) is 0.896. The highest BCUT2D eigenvalue weighted by atomic mass is 14.7. The molecule has 0 aromatic carbocycles. The maximum Gasteiger partial charge on any atom is 0.0406 e. The molecule has 76 valence electrons. The molecule has 0 unspecified atom stereocenters. The van der Waals surface area contributed by atoms with Gasteiger partial charge in [0.05, 0.1) is 0 Å². The van der Waals surface area contributed by atoms with Crippen LogP contribution in [0, 0.1) is 5.92 Å². The smallest absolute Gasteiger partial charge is 0.0406 e. The van der Waals surface area contributed by atoms with Crippen molar-refractivity contribution in [1.82, 2.24) is 4.98 Å². The monoisotopic (exact) mass is 189 g/mol. The molecule has 1 saturated carbocycles. The van der Waals surface area contributed by atoms with Gasteiger partial charge in [0.15, 0.2) is 0 Å². The van der Waals surface area contributed by atoms with E-state index in [0.29, 0.717) is 0 Å². The van der Waals surface area contributed by atoms with Crippen LogP contribution in [0.2, 0.25) is 0 Å². The van der Waals surface area contributed by atoms with Gasteiger partial charge in [-0.05, 0) is 24.5 Å². The Kier molecular flexibility index (Phi) is 3.56. The maximum atomic E-state index is 4.40. The predicted molar refractivity (Wildman–Crippen MR) is 59.1 cm³/mol. The molecule has 1 aromatic heterocycles. The van der Waals surface area contributed by atoms with Crippen LogP contribution < -0.4 is 0 Å². The van der Waals surface area contributed by atoms with Crippen molar-refractivity contribution in [2.24, 2.45) is 5.92 Å². The zero-order valence-electron chi connectivity index (χ0n) is 8.78. The fourth-order valence-electron chi connectivity index (χ4n) is 2.38. The Labute approximate surface area is 86.6 Å². The molecule has 1 heteroatoms. The summed E-state index contributed by atoms with van der Waals surface area (Å²) in [6.45, 7) is 0. The second-order valence-electron chi connectivity index (χ2n) is 4.38. The summed E-state index contributed by atoms with van der Waals surface area (Å²) in [5.41, 5.74) is 1.28. The third kappa shape index (κ3) is 2.83. The van der Waals surface area contributed by atoms with Gasteiger partial charge in [0.25, 0.3) is 0 Å². The SMILES string of the molecule is c1ccc(CC2CCCCCC2)nc1. The van der Waals surface area contributed by atoms with Gasteiger partial charge in [-0.15, -0.1) is 0 Å². The van der Waals surface area contributed by atoms with E-state index in [9.17, 15) is 0 Å². The lowest BCUT2D eigenvalue weighted by atomic mass is 9.95. The molecule has 2 rings (SSSR count). The molecule has 14 heavy (non-hydrogen) atoms. The van der Waals surface area contributed by atoms with E-state index in [1.54, 1.807) is 0 Å². The largest absolute Gasteiger partial charge is 0.261 e. The van der Waals surface area contributed by atoms with E-state index in [2.05, 4.69) is 17.1 Å². The Balaban J connectivity index is 1.90. The Morgan fingerprint density at radius 1 is 1.07 bits per heavy atom. The van der Waals surface area contributed by atoms with Crippen molar-refractivity contribution < 1.29 is 0 Å². The fourth-order valence-corrected chi connectivity index (χ4v) is 2.38. The Morgan fingerprint density at radius 3 is 2.50 bits per heavy atom. The first-order valence-corrected chi connectivity index (χ1v) is 5.85. The van der Waals surface area contributed by atoms with Crippen LogP contribution in [0.4, 0.5) is 0 Å². The van der Waals surface area contributed by atoms with Gasteiger partial charge >= 0.3 is 0 Å². The highest BCUT2D eigenvalue weighted by Gasteiger charge is 2.12.